The first kappa shape index (κ1) is 19.5. The summed E-state index contributed by atoms with van der Waals surface area (Å²) >= 11 is 5.90. The lowest BCUT2D eigenvalue weighted by atomic mass is 10.2. The van der Waals surface area contributed by atoms with E-state index in [1.807, 2.05) is 24.3 Å². The summed E-state index contributed by atoms with van der Waals surface area (Å²) in [5.74, 6) is 0.950. The van der Waals surface area contributed by atoms with Gasteiger partial charge in [-0.15, -0.1) is 0 Å². The van der Waals surface area contributed by atoms with Crippen LogP contribution < -0.4 is 10.6 Å². The van der Waals surface area contributed by atoms with Crippen LogP contribution in [0.25, 0.3) is 11.3 Å². The molecule has 0 aliphatic rings. The summed E-state index contributed by atoms with van der Waals surface area (Å²) < 4.78 is 10.8. The normalized spacial score (nSPS) is 10.6. The van der Waals surface area contributed by atoms with Crippen molar-refractivity contribution in [2.45, 2.75) is 6.54 Å². The maximum Gasteiger partial charge on any atom is 0.291 e. The fourth-order valence-corrected chi connectivity index (χ4v) is 2.94. The van der Waals surface area contributed by atoms with Gasteiger partial charge in [0, 0.05) is 21.8 Å². The van der Waals surface area contributed by atoms with E-state index in [2.05, 4.69) is 10.6 Å². The zero-order valence-corrected chi connectivity index (χ0v) is 16.5. The van der Waals surface area contributed by atoms with Crippen molar-refractivity contribution in [2.75, 3.05) is 5.32 Å². The van der Waals surface area contributed by atoms with Crippen LogP contribution in [0.5, 0.6) is 0 Å². The summed E-state index contributed by atoms with van der Waals surface area (Å²) in [7, 11) is 0. The fourth-order valence-electron chi connectivity index (χ4n) is 2.82. The highest BCUT2D eigenvalue weighted by atomic mass is 35.5. The maximum absolute atomic E-state index is 12.4. The molecule has 2 N–H and O–H groups in total. The molecule has 7 heteroatoms. The van der Waals surface area contributed by atoms with E-state index in [-0.39, 0.29) is 24.1 Å². The average molecular weight is 421 g/mol. The van der Waals surface area contributed by atoms with Crippen LogP contribution in [0.1, 0.15) is 26.7 Å². The third kappa shape index (κ3) is 4.61. The predicted octanol–water partition coefficient (Wildman–Crippen LogP) is 5.38. The molecule has 4 aromatic rings. The lowest BCUT2D eigenvalue weighted by Gasteiger charge is -2.06. The van der Waals surface area contributed by atoms with Gasteiger partial charge in [0.05, 0.1) is 12.8 Å². The van der Waals surface area contributed by atoms with Crippen LogP contribution in [0.4, 0.5) is 5.69 Å². The Labute approximate surface area is 177 Å². The molecule has 2 aromatic carbocycles. The first-order valence-corrected chi connectivity index (χ1v) is 9.54. The van der Waals surface area contributed by atoms with Gasteiger partial charge in [-0.25, -0.2) is 0 Å². The molecule has 0 unspecified atom stereocenters. The molecule has 0 aliphatic heterocycles. The number of furan rings is 2. The van der Waals surface area contributed by atoms with Gasteiger partial charge in [-0.1, -0.05) is 11.6 Å². The van der Waals surface area contributed by atoms with Gasteiger partial charge in [0.15, 0.2) is 5.76 Å². The molecule has 2 aromatic heterocycles. The standard InChI is InChI=1S/C23H17ClN2O4/c24-17-7-3-15(4-8-17)20-12-11-19(30-20)14-25-22(27)16-5-9-18(10-6-16)26-23(28)21-2-1-13-29-21/h1-13H,14H2,(H,25,27)(H,26,28). The lowest BCUT2D eigenvalue weighted by molar-refractivity contribution is 0.0947. The minimum Gasteiger partial charge on any atom is -0.459 e. The van der Waals surface area contributed by atoms with Gasteiger partial charge in [-0.05, 0) is 72.8 Å². The first-order valence-electron chi connectivity index (χ1n) is 9.16. The Bertz CT molecular complexity index is 1150. The molecule has 6 nitrogen and oxygen atoms in total. The van der Waals surface area contributed by atoms with Crippen molar-refractivity contribution in [2.24, 2.45) is 0 Å². The van der Waals surface area contributed by atoms with E-state index in [1.54, 1.807) is 48.5 Å². The first-order chi connectivity index (χ1) is 14.6. The number of anilines is 1. The van der Waals surface area contributed by atoms with E-state index in [0.717, 1.165) is 5.56 Å². The van der Waals surface area contributed by atoms with Gasteiger partial charge < -0.3 is 19.5 Å². The Kier molecular flexibility index (Phi) is 5.68. The molecule has 0 saturated heterocycles. The van der Waals surface area contributed by atoms with E-state index in [4.69, 9.17) is 20.4 Å². The van der Waals surface area contributed by atoms with Gasteiger partial charge in [-0.3, -0.25) is 9.59 Å². The highest BCUT2D eigenvalue weighted by molar-refractivity contribution is 6.30. The van der Waals surface area contributed by atoms with E-state index < -0.39 is 0 Å². The number of halogens is 1. The van der Waals surface area contributed by atoms with Crippen molar-refractivity contribution in [3.63, 3.8) is 0 Å². The largest absolute Gasteiger partial charge is 0.459 e. The van der Waals surface area contributed by atoms with Crippen molar-refractivity contribution in [3.05, 3.63) is 101 Å². The van der Waals surface area contributed by atoms with Crippen molar-refractivity contribution in [1.82, 2.24) is 5.32 Å². The van der Waals surface area contributed by atoms with E-state index in [1.165, 1.54) is 6.26 Å². The number of benzene rings is 2. The van der Waals surface area contributed by atoms with E-state index >= 15 is 0 Å². The van der Waals surface area contributed by atoms with Crippen molar-refractivity contribution in [3.8, 4) is 11.3 Å². The van der Waals surface area contributed by atoms with Crippen LogP contribution in [0, 0.1) is 0 Å². The smallest absolute Gasteiger partial charge is 0.291 e. The number of hydrogen-bond acceptors (Lipinski definition) is 4. The Morgan fingerprint density at radius 3 is 2.33 bits per heavy atom. The zero-order valence-electron chi connectivity index (χ0n) is 15.7. The van der Waals surface area contributed by atoms with Gasteiger partial charge in [0.1, 0.15) is 11.5 Å². The van der Waals surface area contributed by atoms with Gasteiger partial charge >= 0.3 is 0 Å². The third-order valence-corrected chi connectivity index (χ3v) is 4.62. The Morgan fingerprint density at radius 2 is 1.63 bits per heavy atom. The third-order valence-electron chi connectivity index (χ3n) is 4.36. The van der Waals surface area contributed by atoms with Crippen LogP contribution in [0.15, 0.2) is 87.9 Å². The van der Waals surface area contributed by atoms with Crippen LogP contribution >= 0.6 is 11.6 Å². The molecule has 0 bridgehead atoms. The van der Waals surface area contributed by atoms with Crippen molar-refractivity contribution >= 4 is 29.1 Å². The number of carbonyl (C=O) groups is 2. The Hall–Kier alpha value is -3.77. The average Bonchev–Trinajstić information content (AvgIpc) is 3.45. The lowest BCUT2D eigenvalue weighted by Crippen LogP contribution is -2.22. The highest BCUT2D eigenvalue weighted by Gasteiger charge is 2.11. The topological polar surface area (TPSA) is 84.5 Å². The second kappa shape index (κ2) is 8.71. The van der Waals surface area contributed by atoms with Gasteiger partial charge in [0.2, 0.25) is 0 Å². The minimum atomic E-state index is -0.355. The molecule has 0 atom stereocenters. The molecule has 0 aliphatic carbocycles. The molecule has 2 amide bonds. The second-order valence-corrected chi connectivity index (χ2v) is 6.90. The maximum atomic E-state index is 12.4. The quantitative estimate of drug-likeness (QED) is 0.439. The molecule has 0 fully saturated rings. The van der Waals surface area contributed by atoms with E-state index in [0.29, 0.717) is 27.8 Å². The summed E-state index contributed by atoms with van der Waals surface area (Å²) in [5, 5.41) is 6.17. The molecule has 0 spiro atoms. The minimum absolute atomic E-state index is 0.216. The zero-order chi connectivity index (χ0) is 20.9. The molecule has 2 heterocycles. The molecule has 0 radical (unpaired) electrons. The van der Waals surface area contributed by atoms with Crippen LogP contribution in [-0.4, -0.2) is 11.8 Å². The monoisotopic (exact) mass is 420 g/mol. The number of carbonyl (C=O) groups excluding carboxylic acids is 2. The molecule has 30 heavy (non-hydrogen) atoms. The molecule has 4 rings (SSSR count). The summed E-state index contributed by atoms with van der Waals surface area (Å²) in [6.07, 6.45) is 1.43. The number of amides is 2. The summed E-state index contributed by atoms with van der Waals surface area (Å²) in [4.78, 5) is 24.4. The molecular formula is C23H17ClN2O4. The van der Waals surface area contributed by atoms with Crippen molar-refractivity contribution < 1.29 is 18.4 Å². The predicted molar refractivity (Wildman–Crippen MR) is 113 cm³/mol. The SMILES string of the molecule is O=C(NCc1ccc(-c2ccc(Cl)cc2)o1)c1ccc(NC(=O)c2ccco2)cc1. The second-order valence-electron chi connectivity index (χ2n) is 6.46. The highest BCUT2D eigenvalue weighted by Crippen LogP contribution is 2.23. The van der Waals surface area contributed by atoms with Crippen molar-refractivity contribution in [1.29, 1.82) is 0 Å². The van der Waals surface area contributed by atoms with Crippen LogP contribution in [0.3, 0.4) is 0 Å². The number of nitrogens with one attached hydrogen (secondary N) is 2. The molecule has 0 saturated carbocycles. The summed E-state index contributed by atoms with van der Waals surface area (Å²) in [6.45, 7) is 0.253. The van der Waals surface area contributed by atoms with E-state index in [9.17, 15) is 9.59 Å². The Morgan fingerprint density at radius 1 is 0.867 bits per heavy atom. The van der Waals surface area contributed by atoms with Gasteiger partial charge in [0.25, 0.3) is 11.8 Å². The summed E-state index contributed by atoms with van der Waals surface area (Å²) in [6, 6.07) is 20.8. The summed E-state index contributed by atoms with van der Waals surface area (Å²) in [5.41, 5.74) is 1.94. The molecular weight excluding hydrogens is 404 g/mol. The van der Waals surface area contributed by atoms with Crippen LogP contribution in [0.2, 0.25) is 5.02 Å². The van der Waals surface area contributed by atoms with Gasteiger partial charge in [-0.2, -0.15) is 0 Å². The fraction of sp³-hybridized carbons (Fsp3) is 0.0435. The molecule has 150 valence electrons. The van der Waals surface area contributed by atoms with Crippen LogP contribution in [-0.2, 0) is 6.54 Å². The Balaban J connectivity index is 1.33. The number of rotatable bonds is 6. The number of hydrogen-bond donors (Lipinski definition) is 2.